The van der Waals surface area contributed by atoms with Crippen LogP contribution in [0.4, 0.5) is 0 Å². The van der Waals surface area contributed by atoms with Gasteiger partial charge in [0, 0.05) is 5.02 Å². The number of aliphatic hydroxyl groups excluding tert-OH is 1. The molecule has 3 rings (SSSR count). The van der Waals surface area contributed by atoms with Crippen LogP contribution in [0, 0.1) is 0 Å². The second-order valence-corrected chi connectivity index (χ2v) is 6.49. The average molecular weight is 366 g/mol. The molecule has 0 saturated heterocycles. The quantitative estimate of drug-likeness (QED) is 0.683. The normalized spacial score (nSPS) is 13.0. The van der Waals surface area contributed by atoms with Crippen molar-refractivity contribution in [2.24, 2.45) is 0 Å². The maximum absolute atomic E-state index is 12.9. The molecule has 0 heterocycles. The Labute approximate surface area is 158 Å². The van der Waals surface area contributed by atoms with Gasteiger partial charge in [-0.3, -0.25) is 4.79 Å². The second kappa shape index (κ2) is 8.65. The van der Waals surface area contributed by atoms with Crippen LogP contribution in [-0.2, 0) is 4.79 Å². The van der Waals surface area contributed by atoms with Crippen LogP contribution in [0.15, 0.2) is 84.9 Å². The summed E-state index contributed by atoms with van der Waals surface area (Å²) >= 11 is 6.00. The maximum atomic E-state index is 12.9. The highest BCUT2D eigenvalue weighted by Gasteiger charge is 2.24. The number of hydrogen-bond donors (Lipinski definition) is 2. The van der Waals surface area contributed by atoms with E-state index in [2.05, 4.69) is 5.32 Å². The molecule has 3 aromatic carbocycles. The third kappa shape index (κ3) is 4.31. The zero-order valence-corrected chi connectivity index (χ0v) is 14.9. The first-order chi connectivity index (χ1) is 12.7. The van der Waals surface area contributed by atoms with E-state index < -0.39 is 5.92 Å². The van der Waals surface area contributed by atoms with Crippen molar-refractivity contribution in [3.8, 4) is 0 Å². The summed E-state index contributed by atoms with van der Waals surface area (Å²) in [6.07, 6.45) is 0. The van der Waals surface area contributed by atoms with Crippen molar-refractivity contribution < 1.29 is 9.90 Å². The number of hydrogen-bond acceptors (Lipinski definition) is 2. The fourth-order valence-electron chi connectivity index (χ4n) is 2.93. The molecule has 0 spiro atoms. The Kier molecular flexibility index (Phi) is 6.05. The van der Waals surface area contributed by atoms with Gasteiger partial charge in [0.1, 0.15) is 0 Å². The van der Waals surface area contributed by atoms with Crippen LogP contribution >= 0.6 is 11.6 Å². The van der Waals surface area contributed by atoms with Crippen LogP contribution in [0.1, 0.15) is 28.7 Å². The Bertz CT molecular complexity index is 835. The minimum Gasteiger partial charge on any atom is -0.395 e. The molecule has 1 amide bonds. The minimum absolute atomic E-state index is 0.220. The van der Waals surface area contributed by atoms with Gasteiger partial charge in [0.25, 0.3) is 0 Å². The van der Waals surface area contributed by atoms with E-state index >= 15 is 0 Å². The largest absolute Gasteiger partial charge is 0.395 e. The monoisotopic (exact) mass is 365 g/mol. The maximum Gasteiger partial charge on any atom is 0.230 e. The van der Waals surface area contributed by atoms with Gasteiger partial charge in [-0.25, -0.2) is 0 Å². The Balaban J connectivity index is 1.90. The summed E-state index contributed by atoms with van der Waals surface area (Å²) in [5.41, 5.74) is 2.68. The Hall–Kier alpha value is -2.62. The summed E-state index contributed by atoms with van der Waals surface area (Å²) in [5, 5.41) is 13.5. The fraction of sp³-hybridized carbons (Fsp3) is 0.136. The van der Waals surface area contributed by atoms with Gasteiger partial charge >= 0.3 is 0 Å². The summed E-state index contributed by atoms with van der Waals surface area (Å²) in [7, 11) is 0. The zero-order chi connectivity index (χ0) is 18.4. The third-order valence-electron chi connectivity index (χ3n) is 4.32. The molecule has 0 aliphatic rings. The molecule has 2 N–H and O–H groups in total. The van der Waals surface area contributed by atoms with Crippen molar-refractivity contribution in [3.63, 3.8) is 0 Å². The molecule has 0 bridgehead atoms. The van der Waals surface area contributed by atoms with E-state index in [-0.39, 0.29) is 18.6 Å². The molecule has 2 unspecified atom stereocenters. The molecule has 2 atom stereocenters. The van der Waals surface area contributed by atoms with Gasteiger partial charge in [-0.2, -0.15) is 0 Å². The number of aliphatic hydroxyl groups is 1. The summed E-state index contributed by atoms with van der Waals surface area (Å²) in [4.78, 5) is 12.9. The lowest BCUT2D eigenvalue weighted by atomic mass is 9.95. The molecule has 0 fully saturated rings. The van der Waals surface area contributed by atoms with E-state index in [4.69, 9.17) is 11.6 Å². The summed E-state index contributed by atoms with van der Waals surface area (Å²) in [6, 6.07) is 26.1. The number of halogens is 1. The lowest BCUT2D eigenvalue weighted by Crippen LogP contribution is -2.35. The summed E-state index contributed by atoms with van der Waals surface area (Å²) < 4.78 is 0. The predicted molar refractivity (Wildman–Crippen MR) is 104 cm³/mol. The van der Waals surface area contributed by atoms with Gasteiger partial charge in [0.2, 0.25) is 5.91 Å². The van der Waals surface area contributed by atoms with Crippen LogP contribution in [-0.4, -0.2) is 17.6 Å². The molecule has 3 nitrogen and oxygen atoms in total. The van der Waals surface area contributed by atoms with Crippen molar-refractivity contribution in [2.45, 2.75) is 12.0 Å². The Morgan fingerprint density at radius 2 is 1.31 bits per heavy atom. The molecule has 0 aliphatic carbocycles. The highest BCUT2D eigenvalue weighted by Crippen LogP contribution is 2.25. The van der Waals surface area contributed by atoms with Gasteiger partial charge in [0.15, 0.2) is 0 Å². The molecular weight excluding hydrogens is 346 g/mol. The lowest BCUT2D eigenvalue weighted by molar-refractivity contribution is -0.123. The number of carbonyl (C=O) groups is 1. The van der Waals surface area contributed by atoms with E-state index in [9.17, 15) is 9.90 Å². The van der Waals surface area contributed by atoms with Crippen LogP contribution in [0.25, 0.3) is 0 Å². The minimum atomic E-state index is -0.616. The zero-order valence-electron chi connectivity index (χ0n) is 14.2. The number of carbonyl (C=O) groups excluding carboxylic acids is 1. The standard InChI is InChI=1S/C22H20ClNO2/c23-19-13-11-18(12-14-19)21(17-9-5-2-6-10-17)24-22(26)20(15-25)16-7-3-1-4-8-16/h1-14,20-21,25H,15H2,(H,24,26). The highest BCUT2D eigenvalue weighted by atomic mass is 35.5. The SMILES string of the molecule is O=C(NC(c1ccccc1)c1ccc(Cl)cc1)C(CO)c1ccccc1. The third-order valence-corrected chi connectivity index (χ3v) is 4.58. The van der Waals surface area contributed by atoms with Gasteiger partial charge in [-0.15, -0.1) is 0 Å². The molecule has 4 heteroatoms. The number of amides is 1. The van der Waals surface area contributed by atoms with Gasteiger partial charge in [-0.05, 0) is 28.8 Å². The predicted octanol–water partition coefficient (Wildman–Crippen LogP) is 4.32. The van der Waals surface area contributed by atoms with Crippen LogP contribution < -0.4 is 5.32 Å². The molecule has 0 aromatic heterocycles. The van der Waals surface area contributed by atoms with E-state index in [1.54, 1.807) is 12.1 Å². The number of rotatable bonds is 6. The molecule has 132 valence electrons. The lowest BCUT2D eigenvalue weighted by Gasteiger charge is -2.23. The van der Waals surface area contributed by atoms with Crippen LogP contribution in [0.5, 0.6) is 0 Å². The topological polar surface area (TPSA) is 49.3 Å². The average Bonchev–Trinajstić information content (AvgIpc) is 2.69. The van der Waals surface area contributed by atoms with E-state index in [1.165, 1.54) is 0 Å². The first-order valence-corrected chi connectivity index (χ1v) is 8.83. The van der Waals surface area contributed by atoms with Crippen molar-refractivity contribution in [1.29, 1.82) is 0 Å². The van der Waals surface area contributed by atoms with E-state index in [0.29, 0.717) is 5.02 Å². The fourth-order valence-corrected chi connectivity index (χ4v) is 3.05. The summed E-state index contributed by atoms with van der Waals surface area (Å²) in [6.45, 7) is -0.252. The first-order valence-electron chi connectivity index (χ1n) is 8.45. The van der Waals surface area contributed by atoms with Crippen molar-refractivity contribution in [2.75, 3.05) is 6.61 Å². The van der Waals surface area contributed by atoms with Crippen LogP contribution in [0.3, 0.4) is 0 Å². The molecule has 0 radical (unpaired) electrons. The number of benzene rings is 3. The van der Waals surface area contributed by atoms with E-state index in [0.717, 1.165) is 16.7 Å². The molecular formula is C22H20ClNO2. The molecule has 0 saturated carbocycles. The van der Waals surface area contributed by atoms with Gasteiger partial charge in [-0.1, -0.05) is 84.4 Å². The first kappa shape index (κ1) is 18.2. The van der Waals surface area contributed by atoms with Gasteiger partial charge < -0.3 is 10.4 Å². The molecule has 3 aromatic rings. The highest BCUT2D eigenvalue weighted by molar-refractivity contribution is 6.30. The number of nitrogens with one attached hydrogen (secondary N) is 1. The van der Waals surface area contributed by atoms with Crippen LogP contribution in [0.2, 0.25) is 5.02 Å². The van der Waals surface area contributed by atoms with E-state index in [1.807, 2.05) is 72.8 Å². The van der Waals surface area contributed by atoms with Crippen molar-refractivity contribution >= 4 is 17.5 Å². The smallest absolute Gasteiger partial charge is 0.230 e. The van der Waals surface area contributed by atoms with Gasteiger partial charge in [0.05, 0.1) is 18.6 Å². The van der Waals surface area contributed by atoms with Crippen molar-refractivity contribution in [3.05, 3.63) is 107 Å². The summed E-state index contributed by atoms with van der Waals surface area (Å²) in [5.74, 6) is -0.836. The Morgan fingerprint density at radius 3 is 1.85 bits per heavy atom. The molecule has 0 aliphatic heterocycles. The molecule has 26 heavy (non-hydrogen) atoms. The Morgan fingerprint density at radius 1 is 0.808 bits per heavy atom. The van der Waals surface area contributed by atoms with Crippen molar-refractivity contribution in [1.82, 2.24) is 5.32 Å². The second-order valence-electron chi connectivity index (χ2n) is 6.05.